The predicted octanol–water partition coefficient (Wildman–Crippen LogP) is 3.71. The van der Waals surface area contributed by atoms with Gasteiger partial charge in [0.05, 0.1) is 0 Å². The Bertz CT molecular complexity index is 586. The van der Waals surface area contributed by atoms with Gasteiger partial charge >= 0.3 is 0 Å². The molecule has 0 saturated heterocycles. The van der Waals surface area contributed by atoms with Crippen LogP contribution in [0.1, 0.15) is 33.6 Å². The van der Waals surface area contributed by atoms with Crippen molar-refractivity contribution in [1.82, 2.24) is 0 Å². The van der Waals surface area contributed by atoms with Gasteiger partial charge in [-0.05, 0) is 48.4 Å². The number of nitrogens with one attached hydrogen (secondary N) is 1. The number of phenols is 1. The molecule has 2 N–H and O–H groups in total. The summed E-state index contributed by atoms with van der Waals surface area (Å²) in [5.74, 6) is 0.891. The quantitative estimate of drug-likeness (QED) is 0.636. The summed E-state index contributed by atoms with van der Waals surface area (Å²) >= 11 is 0. The molecule has 1 aromatic rings. The Morgan fingerprint density at radius 2 is 1.90 bits per heavy atom. The molecule has 3 rings (SSSR count). The third-order valence-corrected chi connectivity index (χ3v) is 5.63. The van der Waals surface area contributed by atoms with Crippen molar-refractivity contribution in [3.05, 3.63) is 36.0 Å². The van der Waals surface area contributed by atoms with Crippen LogP contribution in [0.15, 0.2) is 36.0 Å². The second kappa shape index (κ2) is 4.11. The smallest absolute Gasteiger partial charge is 0.167 e. The maximum atomic E-state index is 12.6. The number of benzene rings is 1. The summed E-state index contributed by atoms with van der Waals surface area (Å²) in [5, 5.41) is 12.5. The molecule has 2 fully saturated rings. The minimum absolute atomic E-state index is 0.0482. The number of aromatic hydroxyl groups is 1. The van der Waals surface area contributed by atoms with Gasteiger partial charge < -0.3 is 10.4 Å². The molecule has 3 heteroatoms. The lowest BCUT2D eigenvalue weighted by Gasteiger charge is -2.31. The van der Waals surface area contributed by atoms with Gasteiger partial charge in [0.25, 0.3) is 0 Å². The third-order valence-electron chi connectivity index (χ3n) is 5.63. The maximum absolute atomic E-state index is 12.6. The Labute approximate surface area is 119 Å². The molecule has 2 atom stereocenters. The van der Waals surface area contributed by atoms with E-state index < -0.39 is 0 Å². The van der Waals surface area contributed by atoms with Crippen LogP contribution in [-0.2, 0) is 4.79 Å². The number of hydrogen-bond donors (Lipinski definition) is 2. The first-order valence-corrected chi connectivity index (χ1v) is 7.17. The van der Waals surface area contributed by atoms with Crippen LogP contribution in [0.25, 0.3) is 0 Å². The molecule has 0 spiro atoms. The van der Waals surface area contributed by atoms with E-state index in [0.29, 0.717) is 11.7 Å². The van der Waals surface area contributed by atoms with Gasteiger partial charge in [-0.1, -0.05) is 20.8 Å². The highest BCUT2D eigenvalue weighted by molar-refractivity contribution is 6.04. The number of carbonyl (C=O) groups excluding carboxylic acids is 1. The number of hydrogen-bond acceptors (Lipinski definition) is 3. The Hall–Kier alpha value is -1.77. The van der Waals surface area contributed by atoms with Crippen molar-refractivity contribution in [3.63, 3.8) is 0 Å². The molecule has 106 valence electrons. The lowest BCUT2D eigenvalue weighted by atomic mass is 9.70. The lowest BCUT2D eigenvalue weighted by molar-refractivity contribution is -0.125. The number of ketones is 1. The zero-order valence-electron chi connectivity index (χ0n) is 12.2. The van der Waals surface area contributed by atoms with E-state index >= 15 is 0 Å². The SMILES string of the molecule is CC1(C)[C@@H]2CC[C@@]1(C)C(=O)C2=CNc1ccc(O)cc1. The molecule has 3 nitrogen and oxygen atoms in total. The van der Waals surface area contributed by atoms with Gasteiger partial charge in [0.2, 0.25) is 0 Å². The standard InChI is InChI=1S/C17H21NO2/c1-16(2)14-8-9-17(16,3)15(20)13(14)10-18-11-4-6-12(19)7-5-11/h4-7,10,14,18-19H,8-9H2,1-3H3/t14-,17+/m1/s1. The van der Waals surface area contributed by atoms with Crippen LogP contribution in [0.3, 0.4) is 0 Å². The molecule has 2 bridgehead atoms. The van der Waals surface area contributed by atoms with Crippen LogP contribution < -0.4 is 5.32 Å². The predicted molar refractivity (Wildman–Crippen MR) is 79.4 cm³/mol. The van der Waals surface area contributed by atoms with Crippen LogP contribution in [0, 0.1) is 16.7 Å². The fourth-order valence-electron chi connectivity index (χ4n) is 3.81. The highest BCUT2D eigenvalue weighted by Crippen LogP contribution is 2.65. The number of rotatable bonds is 2. The zero-order chi connectivity index (χ0) is 14.5. The highest BCUT2D eigenvalue weighted by atomic mass is 16.3. The normalized spacial score (nSPS) is 32.9. The summed E-state index contributed by atoms with van der Waals surface area (Å²) in [4.78, 5) is 12.6. The minimum Gasteiger partial charge on any atom is -0.508 e. The van der Waals surface area contributed by atoms with Gasteiger partial charge in [-0.15, -0.1) is 0 Å². The highest BCUT2D eigenvalue weighted by Gasteiger charge is 2.63. The molecule has 2 aliphatic rings. The summed E-state index contributed by atoms with van der Waals surface area (Å²) in [6.07, 6.45) is 3.96. The molecule has 2 aliphatic carbocycles. The first-order chi connectivity index (χ1) is 9.36. The van der Waals surface area contributed by atoms with Crippen LogP contribution in [0.5, 0.6) is 5.75 Å². The van der Waals surface area contributed by atoms with Crippen LogP contribution >= 0.6 is 0 Å². The summed E-state index contributed by atoms with van der Waals surface area (Å²) in [6, 6.07) is 6.87. The number of allylic oxidation sites excluding steroid dienone is 1. The van der Waals surface area contributed by atoms with Gasteiger partial charge in [-0.2, -0.15) is 0 Å². The average Bonchev–Trinajstić information content (AvgIpc) is 2.71. The first-order valence-electron chi connectivity index (χ1n) is 7.17. The maximum Gasteiger partial charge on any atom is 0.167 e. The average molecular weight is 271 g/mol. The van der Waals surface area contributed by atoms with Crippen molar-refractivity contribution >= 4 is 11.5 Å². The summed E-state index contributed by atoms with van der Waals surface area (Å²) in [7, 11) is 0. The van der Waals surface area contributed by atoms with Gasteiger partial charge in [-0.3, -0.25) is 4.79 Å². The molecule has 0 heterocycles. The van der Waals surface area contributed by atoms with E-state index in [9.17, 15) is 9.90 Å². The van der Waals surface area contributed by atoms with Crippen molar-refractivity contribution in [1.29, 1.82) is 0 Å². The molecule has 0 amide bonds. The van der Waals surface area contributed by atoms with Crippen molar-refractivity contribution in [3.8, 4) is 5.75 Å². The number of Topliss-reactive ketones (excluding diaryl/α,β-unsaturated/α-hetero) is 1. The Balaban J connectivity index is 1.87. The lowest BCUT2D eigenvalue weighted by Crippen LogP contribution is -2.32. The Morgan fingerprint density at radius 1 is 1.25 bits per heavy atom. The van der Waals surface area contributed by atoms with Crippen molar-refractivity contribution < 1.29 is 9.90 Å². The molecule has 1 aromatic carbocycles. The Kier molecular flexibility index (Phi) is 2.72. The van der Waals surface area contributed by atoms with Crippen LogP contribution in [0.4, 0.5) is 5.69 Å². The van der Waals surface area contributed by atoms with E-state index in [2.05, 4.69) is 26.1 Å². The first kappa shape index (κ1) is 13.2. The van der Waals surface area contributed by atoms with Gasteiger partial charge in [-0.25, -0.2) is 0 Å². The van der Waals surface area contributed by atoms with Crippen molar-refractivity contribution in [2.45, 2.75) is 33.6 Å². The summed E-state index contributed by atoms with van der Waals surface area (Å²) < 4.78 is 0. The second-order valence-corrected chi connectivity index (χ2v) is 6.77. The van der Waals surface area contributed by atoms with Gasteiger partial charge in [0.15, 0.2) is 5.78 Å². The summed E-state index contributed by atoms with van der Waals surface area (Å²) in [5.41, 5.74) is 1.65. The van der Waals surface area contributed by atoms with Crippen LogP contribution in [-0.4, -0.2) is 10.9 Å². The number of anilines is 1. The molecule has 0 aliphatic heterocycles. The largest absolute Gasteiger partial charge is 0.508 e. The fraction of sp³-hybridized carbons (Fsp3) is 0.471. The second-order valence-electron chi connectivity index (χ2n) is 6.77. The number of carbonyl (C=O) groups is 1. The molecule has 0 aromatic heterocycles. The van der Waals surface area contributed by atoms with E-state index in [-0.39, 0.29) is 16.6 Å². The Morgan fingerprint density at radius 3 is 2.45 bits per heavy atom. The topological polar surface area (TPSA) is 49.3 Å². The van der Waals surface area contributed by atoms with E-state index in [1.54, 1.807) is 24.3 Å². The van der Waals surface area contributed by atoms with Crippen LogP contribution in [0.2, 0.25) is 0 Å². The molecule has 2 saturated carbocycles. The fourth-order valence-corrected chi connectivity index (χ4v) is 3.81. The number of fused-ring (bicyclic) bond motifs is 2. The minimum atomic E-state index is -0.208. The monoisotopic (exact) mass is 271 g/mol. The van der Waals surface area contributed by atoms with Gasteiger partial charge in [0.1, 0.15) is 5.75 Å². The zero-order valence-corrected chi connectivity index (χ0v) is 12.2. The molecule has 20 heavy (non-hydrogen) atoms. The van der Waals surface area contributed by atoms with E-state index in [4.69, 9.17) is 0 Å². The molecular weight excluding hydrogens is 250 g/mol. The number of phenolic OH excluding ortho intramolecular Hbond substituents is 1. The molecular formula is C17H21NO2. The van der Waals surface area contributed by atoms with Crippen molar-refractivity contribution in [2.75, 3.05) is 5.32 Å². The molecule has 0 unspecified atom stereocenters. The van der Waals surface area contributed by atoms with E-state index in [1.165, 1.54) is 0 Å². The third kappa shape index (κ3) is 1.62. The van der Waals surface area contributed by atoms with Gasteiger partial charge in [0, 0.05) is 22.9 Å². The summed E-state index contributed by atoms with van der Waals surface area (Å²) in [6.45, 7) is 6.53. The molecule has 0 radical (unpaired) electrons. The van der Waals surface area contributed by atoms with Crippen molar-refractivity contribution in [2.24, 2.45) is 16.7 Å². The van der Waals surface area contributed by atoms with E-state index in [1.807, 2.05) is 6.20 Å². The van der Waals surface area contributed by atoms with E-state index in [0.717, 1.165) is 24.1 Å².